The molecular formula is C8H8IN5. The first kappa shape index (κ1) is 9.38. The minimum Gasteiger partial charge on any atom is -0.383 e. The minimum atomic E-state index is 0.497. The summed E-state index contributed by atoms with van der Waals surface area (Å²) in [6, 6.07) is 0. The largest absolute Gasteiger partial charge is 0.383 e. The van der Waals surface area contributed by atoms with Crippen LogP contribution in [0.2, 0.25) is 0 Å². The van der Waals surface area contributed by atoms with Crippen molar-refractivity contribution in [2.45, 2.75) is 0 Å². The van der Waals surface area contributed by atoms with Crippen molar-refractivity contribution < 1.29 is 0 Å². The molecule has 0 fully saturated rings. The summed E-state index contributed by atoms with van der Waals surface area (Å²) in [6.45, 7) is 0. The molecule has 0 aliphatic carbocycles. The lowest BCUT2D eigenvalue weighted by Gasteiger charge is -2.02. The maximum atomic E-state index is 5.69. The van der Waals surface area contributed by atoms with Gasteiger partial charge in [-0.05, 0) is 22.6 Å². The lowest BCUT2D eigenvalue weighted by Crippen LogP contribution is -2.00. The van der Waals surface area contributed by atoms with E-state index in [1.54, 1.807) is 18.7 Å². The van der Waals surface area contributed by atoms with Gasteiger partial charge < -0.3 is 10.3 Å². The van der Waals surface area contributed by atoms with Crippen LogP contribution in [0.15, 0.2) is 18.7 Å². The number of imidazole rings is 1. The van der Waals surface area contributed by atoms with E-state index in [1.807, 2.05) is 11.6 Å². The van der Waals surface area contributed by atoms with Crippen LogP contribution in [0, 0.1) is 3.57 Å². The molecule has 0 aliphatic rings. The first-order valence-corrected chi connectivity index (χ1v) is 5.01. The first-order chi connectivity index (χ1) is 6.68. The van der Waals surface area contributed by atoms with Crippen molar-refractivity contribution in [1.82, 2.24) is 19.5 Å². The number of nitrogen functional groups attached to an aromatic ring is 1. The Kier molecular flexibility index (Phi) is 2.36. The Morgan fingerprint density at radius 3 is 2.79 bits per heavy atom. The molecule has 0 saturated heterocycles. The van der Waals surface area contributed by atoms with E-state index in [2.05, 4.69) is 37.5 Å². The van der Waals surface area contributed by atoms with Crippen LogP contribution in [-0.2, 0) is 7.05 Å². The number of hydrogen-bond acceptors (Lipinski definition) is 4. The van der Waals surface area contributed by atoms with Crippen LogP contribution in [-0.4, -0.2) is 19.5 Å². The molecule has 0 spiro atoms. The van der Waals surface area contributed by atoms with Crippen LogP contribution in [0.3, 0.4) is 0 Å². The second kappa shape index (κ2) is 3.52. The van der Waals surface area contributed by atoms with Gasteiger partial charge in [0.25, 0.3) is 0 Å². The summed E-state index contributed by atoms with van der Waals surface area (Å²) in [5.41, 5.74) is 6.54. The zero-order chi connectivity index (χ0) is 10.1. The van der Waals surface area contributed by atoms with Gasteiger partial charge in [0.2, 0.25) is 0 Å². The van der Waals surface area contributed by atoms with Crippen molar-refractivity contribution in [2.24, 2.45) is 7.05 Å². The normalized spacial score (nSPS) is 10.4. The van der Waals surface area contributed by atoms with Gasteiger partial charge in [0.15, 0.2) is 5.82 Å². The summed E-state index contributed by atoms with van der Waals surface area (Å²) in [5.74, 6) is 1.10. The molecule has 5 nitrogen and oxygen atoms in total. The van der Waals surface area contributed by atoms with E-state index in [4.69, 9.17) is 5.73 Å². The van der Waals surface area contributed by atoms with Crippen molar-refractivity contribution in [3.63, 3.8) is 0 Å². The molecule has 0 bridgehead atoms. The SMILES string of the molecule is Cn1cncc1-c1ncc(I)c(N)n1. The van der Waals surface area contributed by atoms with E-state index in [9.17, 15) is 0 Å². The Labute approximate surface area is 94.5 Å². The number of rotatable bonds is 1. The predicted molar refractivity (Wildman–Crippen MR) is 61.4 cm³/mol. The highest BCUT2D eigenvalue weighted by Gasteiger charge is 2.07. The number of anilines is 1. The third-order valence-corrected chi connectivity index (χ3v) is 2.65. The van der Waals surface area contributed by atoms with E-state index in [1.165, 1.54) is 0 Å². The van der Waals surface area contributed by atoms with Gasteiger partial charge in [-0.2, -0.15) is 0 Å². The molecule has 0 saturated carbocycles. The van der Waals surface area contributed by atoms with E-state index in [-0.39, 0.29) is 0 Å². The summed E-state index contributed by atoms with van der Waals surface area (Å²) in [4.78, 5) is 12.3. The molecule has 0 aromatic carbocycles. The topological polar surface area (TPSA) is 69.6 Å². The van der Waals surface area contributed by atoms with Gasteiger partial charge in [0.05, 0.1) is 16.1 Å². The number of nitrogens with zero attached hydrogens (tertiary/aromatic N) is 4. The van der Waals surface area contributed by atoms with Gasteiger partial charge in [-0.1, -0.05) is 0 Å². The third-order valence-electron chi connectivity index (χ3n) is 1.82. The molecule has 6 heteroatoms. The van der Waals surface area contributed by atoms with E-state index < -0.39 is 0 Å². The van der Waals surface area contributed by atoms with Crippen molar-refractivity contribution in [1.29, 1.82) is 0 Å². The average Bonchev–Trinajstić information content (AvgIpc) is 2.57. The Balaban J connectivity index is 2.53. The Morgan fingerprint density at radius 2 is 2.21 bits per heavy atom. The van der Waals surface area contributed by atoms with Crippen molar-refractivity contribution in [3.05, 3.63) is 22.3 Å². The molecule has 2 heterocycles. The van der Waals surface area contributed by atoms with Crippen LogP contribution in [0.5, 0.6) is 0 Å². The third kappa shape index (κ3) is 1.57. The van der Waals surface area contributed by atoms with Crippen LogP contribution in [0.25, 0.3) is 11.5 Å². The molecule has 2 rings (SSSR count). The fourth-order valence-corrected chi connectivity index (χ4v) is 1.34. The van der Waals surface area contributed by atoms with Gasteiger partial charge in [0.1, 0.15) is 11.5 Å². The standard InChI is InChI=1S/C8H8IN5/c1-14-4-11-3-6(14)8-12-2-5(9)7(10)13-8/h2-4H,1H3,(H2,10,12,13). The van der Waals surface area contributed by atoms with Crippen LogP contribution >= 0.6 is 22.6 Å². The molecule has 0 unspecified atom stereocenters. The maximum absolute atomic E-state index is 5.69. The van der Waals surface area contributed by atoms with Crippen molar-refractivity contribution in [3.8, 4) is 11.5 Å². The summed E-state index contributed by atoms with van der Waals surface area (Å²) in [6.07, 6.45) is 5.11. The number of aromatic nitrogens is 4. The quantitative estimate of drug-likeness (QED) is 0.800. The predicted octanol–water partition coefficient (Wildman–Crippen LogP) is 1.06. The summed E-state index contributed by atoms with van der Waals surface area (Å²) in [7, 11) is 1.89. The lowest BCUT2D eigenvalue weighted by molar-refractivity contribution is 0.908. The van der Waals surface area contributed by atoms with E-state index >= 15 is 0 Å². The number of nitrogens with two attached hydrogens (primary N) is 1. The summed E-state index contributed by atoms with van der Waals surface area (Å²) in [5, 5.41) is 0. The molecule has 0 amide bonds. The van der Waals surface area contributed by atoms with Crippen LogP contribution in [0.1, 0.15) is 0 Å². The lowest BCUT2D eigenvalue weighted by atomic mass is 10.4. The zero-order valence-corrected chi connectivity index (χ0v) is 9.63. The van der Waals surface area contributed by atoms with Gasteiger partial charge in [-0.3, -0.25) is 0 Å². The number of aryl methyl sites for hydroxylation is 1. The smallest absolute Gasteiger partial charge is 0.179 e. The molecule has 0 atom stereocenters. The molecule has 0 radical (unpaired) electrons. The molecule has 72 valence electrons. The number of hydrogen-bond donors (Lipinski definition) is 1. The second-order valence-electron chi connectivity index (χ2n) is 2.82. The van der Waals surface area contributed by atoms with Gasteiger partial charge >= 0.3 is 0 Å². The Morgan fingerprint density at radius 1 is 1.43 bits per heavy atom. The zero-order valence-electron chi connectivity index (χ0n) is 7.48. The van der Waals surface area contributed by atoms with Gasteiger partial charge in [-0.15, -0.1) is 0 Å². The number of halogens is 1. The Hall–Kier alpha value is -1.18. The van der Waals surface area contributed by atoms with Gasteiger partial charge in [-0.25, -0.2) is 15.0 Å². The fraction of sp³-hybridized carbons (Fsp3) is 0.125. The van der Waals surface area contributed by atoms with Crippen molar-refractivity contribution >= 4 is 28.4 Å². The van der Waals surface area contributed by atoms with E-state index in [0.717, 1.165) is 9.26 Å². The molecule has 14 heavy (non-hydrogen) atoms. The summed E-state index contributed by atoms with van der Waals surface area (Å²) < 4.78 is 2.70. The maximum Gasteiger partial charge on any atom is 0.179 e. The fourth-order valence-electron chi connectivity index (χ4n) is 1.08. The minimum absolute atomic E-state index is 0.497. The summed E-state index contributed by atoms with van der Waals surface area (Å²) >= 11 is 2.10. The molecular weight excluding hydrogens is 293 g/mol. The van der Waals surface area contributed by atoms with Crippen LogP contribution < -0.4 is 5.73 Å². The Bertz CT molecular complexity index is 465. The highest BCUT2D eigenvalue weighted by Crippen LogP contribution is 2.17. The highest BCUT2D eigenvalue weighted by molar-refractivity contribution is 14.1. The first-order valence-electron chi connectivity index (χ1n) is 3.93. The van der Waals surface area contributed by atoms with E-state index in [0.29, 0.717) is 11.6 Å². The van der Waals surface area contributed by atoms with Crippen LogP contribution in [0.4, 0.5) is 5.82 Å². The molecule has 0 aliphatic heterocycles. The molecule has 2 aromatic rings. The average molecular weight is 301 g/mol. The molecule has 2 aromatic heterocycles. The highest BCUT2D eigenvalue weighted by atomic mass is 127. The van der Waals surface area contributed by atoms with Gasteiger partial charge in [0, 0.05) is 13.2 Å². The molecule has 2 N–H and O–H groups in total. The second-order valence-corrected chi connectivity index (χ2v) is 3.98. The monoisotopic (exact) mass is 301 g/mol. The van der Waals surface area contributed by atoms with Crippen molar-refractivity contribution in [2.75, 3.05) is 5.73 Å².